The fourth-order valence-electron chi connectivity index (χ4n) is 1.49. The van der Waals surface area contributed by atoms with E-state index in [0.717, 1.165) is 12.8 Å². The summed E-state index contributed by atoms with van der Waals surface area (Å²) in [6.45, 7) is 0. The largest absolute Gasteiger partial charge is 0.235 e. The molecule has 15 heavy (non-hydrogen) atoms. The van der Waals surface area contributed by atoms with Gasteiger partial charge in [-0.05, 0) is 46.5 Å². The Morgan fingerprint density at radius 1 is 1.53 bits per heavy atom. The summed E-state index contributed by atoms with van der Waals surface area (Å²) in [7, 11) is 0. The van der Waals surface area contributed by atoms with Crippen LogP contribution in [0.25, 0.3) is 0 Å². The molecular formula is C10H6BrClFNO. The van der Waals surface area contributed by atoms with Crippen molar-refractivity contribution in [1.29, 1.82) is 0 Å². The molecule has 0 amide bonds. The second-order valence-electron chi connectivity index (χ2n) is 3.49. The van der Waals surface area contributed by atoms with Gasteiger partial charge in [-0.3, -0.25) is 0 Å². The summed E-state index contributed by atoms with van der Waals surface area (Å²) in [4.78, 5) is 14.0. The van der Waals surface area contributed by atoms with E-state index in [2.05, 4.69) is 20.9 Å². The van der Waals surface area contributed by atoms with E-state index >= 15 is 0 Å². The van der Waals surface area contributed by atoms with Crippen molar-refractivity contribution in [1.82, 2.24) is 0 Å². The molecule has 1 aromatic rings. The summed E-state index contributed by atoms with van der Waals surface area (Å²) in [5, 5.41) is 0.0460. The van der Waals surface area contributed by atoms with Crippen molar-refractivity contribution in [3.63, 3.8) is 0 Å². The SMILES string of the molecule is O=C=NC1(c2cc(F)c(Cl)c(Br)c2)CC1. The predicted molar refractivity (Wildman–Crippen MR) is 58.1 cm³/mol. The maximum Gasteiger partial charge on any atom is 0.235 e. The maximum absolute atomic E-state index is 13.3. The Hall–Kier alpha value is -0.700. The zero-order valence-corrected chi connectivity index (χ0v) is 9.90. The first-order chi connectivity index (χ1) is 7.09. The number of carbonyl (C=O) groups excluding carboxylic acids is 1. The molecule has 1 aromatic carbocycles. The Morgan fingerprint density at radius 2 is 2.20 bits per heavy atom. The fourth-order valence-corrected chi connectivity index (χ4v) is 2.04. The number of benzene rings is 1. The van der Waals surface area contributed by atoms with E-state index in [1.165, 1.54) is 12.1 Å². The summed E-state index contributed by atoms with van der Waals surface area (Å²) in [6, 6.07) is 3.01. The number of hydrogen-bond donors (Lipinski definition) is 0. The Labute approximate surface area is 99.3 Å². The Kier molecular flexibility index (Phi) is 2.67. The van der Waals surface area contributed by atoms with Crippen LogP contribution in [0.5, 0.6) is 0 Å². The van der Waals surface area contributed by atoms with Crippen LogP contribution in [0.15, 0.2) is 21.6 Å². The summed E-state index contributed by atoms with van der Waals surface area (Å²) in [6.07, 6.45) is 3.02. The maximum atomic E-state index is 13.3. The molecule has 0 aromatic heterocycles. The lowest BCUT2D eigenvalue weighted by Crippen LogP contribution is -2.03. The molecule has 5 heteroatoms. The van der Waals surface area contributed by atoms with Crippen LogP contribution in [0, 0.1) is 5.82 Å². The van der Waals surface area contributed by atoms with Gasteiger partial charge in [-0.15, -0.1) is 0 Å². The summed E-state index contributed by atoms with van der Waals surface area (Å²) in [5.41, 5.74) is 0.106. The van der Waals surface area contributed by atoms with Crippen LogP contribution < -0.4 is 0 Å². The van der Waals surface area contributed by atoms with Gasteiger partial charge in [0.15, 0.2) is 0 Å². The predicted octanol–water partition coefficient (Wildman–Crippen LogP) is 3.57. The van der Waals surface area contributed by atoms with Gasteiger partial charge in [0.05, 0.1) is 10.6 Å². The number of rotatable bonds is 2. The molecule has 0 unspecified atom stereocenters. The number of hydrogen-bond acceptors (Lipinski definition) is 2. The Bertz CT molecular complexity index is 443. The van der Waals surface area contributed by atoms with Gasteiger partial charge in [-0.1, -0.05) is 11.6 Å². The third-order valence-electron chi connectivity index (χ3n) is 2.50. The molecule has 0 spiro atoms. The lowest BCUT2D eigenvalue weighted by molar-refractivity contribution is 0.555. The van der Waals surface area contributed by atoms with E-state index < -0.39 is 11.4 Å². The van der Waals surface area contributed by atoms with E-state index in [0.29, 0.717) is 10.0 Å². The highest BCUT2D eigenvalue weighted by molar-refractivity contribution is 9.10. The number of aliphatic imine (C=N–C) groups is 1. The minimum absolute atomic E-state index is 0.0460. The zero-order valence-electron chi connectivity index (χ0n) is 7.56. The first-order valence-corrected chi connectivity index (χ1v) is 5.50. The minimum Gasteiger partial charge on any atom is -0.211 e. The number of nitrogens with zero attached hydrogens (tertiary/aromatic N) is 1. The topological polar surface area (TPSA) is 29.4 Å². The van der Waals surface area contributed by atoms with Crippen molar-refractivity contribution in [2.75, 3.05) is 0 Å². The molecule has 0 bridgehead atoms. The van der Waals surface area contributed by atoms with Gasteiger partial charge in [0.2, 0.25) is 6.08 Å². The molecule has 1 saturated carbocycles. The van der Waals surface area contributed by atoms with Crippen molar-refractivity contribution >= 4 is 33.6 Å². The first-order valence-electron chi connectivity index (χ1n) is 4.33. The molecule has 0 N–H and O–H groups in total. The molecule has 1 fully saturated rings. The second kappa shape index (κ2) is 3.71. The molecule has 78 valence electrons. The molecule has 0 saturated heterocycles. The van der Waals surface area contributed by atoms with E-state index in [4.69, 9.17) is 11.6 Å². The van der Waals surface area contributed by atoms with Crippen molar-refractivity contribution in [3.05, 3.63) is 33.0 Å². The van der Waals surface area contributed by atoms with Crippen molar-refractivity contribution in [2.24, 2.45) is 4.99 Å². The molecule has 2 nitrogen and oxygen atoms in total. The van der Waals surface area contributed by atoms with Crippen LogP contribution in [0.4, 0.5) is 4.39 Å². The van der Waals surface area contributed by atoms with Gasteiger partial charge in [0.1, 0.15) is 5.82 Å². The molecule has 0 aliphatic heterocycles. The second-order valence-corrected chi connectivity index (χ2v) is 4.72. The van der Waals surface area contributed by atoms with Crippen LogP contribution in [-0.4, -0.2) is 6.08 Å². The molecule has 2 rings (SSSR count). The lowest BCUT2D eigenvalue weighted by atomic mass is 10.1. The van der Waals surface area contributed by atoms with Gasteiger partial charge >= 0.3 is 0 Å². The normalized spacial score (nSPS) is 17.0. The Balaban J connectivity index is 2.51. The van der Waals surface area contributed by atoms with Gasteiger partial charge < -0.3 is 0 Å². The highest BCUT2D eigenvalue weighted by Crippen LogP contribution is 2.50. The van der Waals surface area contributed by atoms with E-state index in [1.807, 2.05) is 0 Å². The van der Waals surface area contributed by atoms with Crippen molar-refractivity contribution < 1.29 is 9.18 Å². The number of isocyanates is 1. The van der Waals surface area contributed by atoms with Crippen molar-refractivity contribution in [2.45, 2.75) is 18.4 Å². The summed E-state index contributed by atoms with van der Waals surface area (Å²) >= 11 is 8.82. The van der Waals surface area contributed by atoms with Gasteiger partial charge in [0.25, 0.3) is 0 Å². The third kappa shape index (κ3) is 1.85. The average molecular weight is 291 g/mol. The van der Waals surface area contributed by atoms with E-state index in [9.17, 15) is 9.18 Å². The van der Waals surface area contributed by atoms with Crippen LogP contribution >= 0.6 is 27.5 Å². The fraction of sp³-hybridized carbons (Fsp3) is 0.300. The number of halogens is 3. The molecule has 0 radical (unpaired) electrons. The molecule has 0 atom stereocenters. The van der Waals surface area contributed by atoms with Gasteiger partial charge in [-0.2, -0.15) is 4.99 Å². The first kappa shape index (κ1) is 10.8. The standard InChI is InChI=1S/C10H6BrClFNO/c11-7-3-6(4-8(13)9(7)12)10(1-2-10)14-5-15/h3-4H,1-2H2. The quantitative estimate of drug-likeness (QED) is 0.465. The van der Waals surface area contributed by atoms with Crippen LogP contribution in [-0.2, 0) is 10.3 Å². The van der Waals surface area contributed by atoms with E-state index in [1.54, 1.807) is 6.07 Å². The third-order valence-corrected chi connectivity index (χ3v) is 3.74. The lowest BCUT2D eigenvalue weighted by Gasteiger charge is -2.09. The highest BCUT2D eigenvalue weighted by Gasteiger charge is 2.45. The molecule has 0 heterocycles. The van der Waals surface area contributed by atoms with Crippen LogP contribution in [0.1, 0.15) is 18.4 Å². The van der Waals surface area contributed by atoms with Crippen molar-refractivity contribution in [3.8, 4) is 0 Å². The summed E-state index contributed by atoms with van der Waals surface area (Å²) in [5.74, 6) is -0.506. The molecular weight excluding hydrogens is 284 g/mol. The summed E-state index contributed by atoms with van der Waals surface area (Å²) < 4.78 is 13.8. The smallest absolute Gasteiger partial charge is 0.211 e. The van der Waals surface area contributed by atoms with Crippen LogP contribution in [0.2, 0.25) is 5.02 Å². The van der Waals surface area contributed by atoms with Crippen LogP contribution in [0.3, 0.4) is 0 Å². The molecule has 1 aliphatic rings. The molecule has 1 aliphatic carbocycles. The minimum atomic E-state index is -0.560. The highest BCUT2D eigenvalue weighted by atomic mass is 79.9. The van der Waals surface area contributed by atoms with E-state index in [-0.39, 0.29) is 5.02 Å². The monoisotopic (exact) mass is 289 g/mol. The van der Waals surface area contributed by atoms with Gasteiger partial charge in [-0.25, -0.2) is 9.18 Å². The van der Waals surface area contributed by atoms with Gasteiger partial charge in [0, 0.05) is 4.47 Å². The zero-order chi connectivity index (χ0) is 11.1. The Morgan fingerprint density at radius 3 is 2.67 bits per heavy atom. The average Bonchev–Trinajstić information content (AvgIpc) is 2.95.